The van der Waals surface area contributed by atoms with Crippen molar-refractivity contribution in [3.63, 3.8) is 0 Å². The maximum absolute atomic E-state index is 12.8. The molecule has 0 saturated heterocycles. The Morgan fingerprint density at radius 2 is 1.94 bits per heavy atom. The van der Waals surface area contributed by atoms with E-state index >= 15 is 0 Å². The molecule has 2 aromatic carbocycles. The van der Waals surface area contributed by atoms with Gasteiger partial charge in [0.25, 0.3) is 0 Å². The Morgan fingerprint density at radius 1 is 1.15 bits per heavy atom. The molecule has 8 nitrogen and oxygen atoms in total. The summed E-state index contributed by atoms with van der Waals surface area (Å²) in [6, 6.07) is 15.2. The second kappa shape index (κ2) is 9.99. The van der Waals surface area contributed by atoms with Gasteiger partial charge in [0.15, 0.2) is 11.5 Å². The molecule has 1 aliphatic rings. The summed E-state index contributed by atoms with van der Waals surface area (Å²) in [7, 11) is 2.96. The van der Waals surface area contributed by atoms with Crippen LogP contribution in [-0.4, -0.2) is 41.6 Å². The number of allylic oxidation sites excluding steroid dienone is 1. The van der Waals surface area contributed by atoms with Gasteiger partial charge in [0.1, 0.15) is 6.04 Å². The summed E-state index contributed by atoms with van der Waals surface area (Å²) in [5, 5.41) is 8.55. The smallest absolute Gasteiger partial charge is 0.338 e. The fourth-order valence-corrected chi connectivity index (χ4v) is 4.51. The van der Waals surface area contributed by atoms with Crippen LogP contribution >= 0.6 is 11.8 Å². The number of anilines is 1. The Morgan fingerprint density at radius 3 is 2.64 bits per heavy atom. The number of carbonyl (C=O) groups excluding carboxylic acids is 1. The predicted molar refractivity (Wildman–Crippen MR) is 127 cm³/mol. The minimum absolute atomic E-state index is 0.433. The molecule has 2 heterocycles. The summed E-state index contributed by atoms with van der Waals surface area (Å²) >= 11 is 1.54. The number of hydrogen-bond donors (Lipinski definition) is 1. The van der Waals surface area contributed by atoms with Crippen LogP contribution in [-0.2, 0) is 15.3 Å². The Hall–Kier alpha value is -3.46. The lowest BCUT2D eigenvalue weighted by molar-refractivity contribution is -0.136. The van der Waals surface area contributed by atoms with Gasteiger partial charge in [0, 0.05) is 11.4 Å². The Kier molecular flexibility index (Phi) is 6.88. The lowest BCUT2D eigenvalue weighted by Gasteiger charge is -2.28. The molecule has 0 spiro atoms. The number of methoxy groups -OCH3 is 2. The number of benzene rings is 2. The van der Waals surface area contributed by atoms with Crippen LogP contribution in [0.2, 0.25) is 0 Å². The van der Waals surface area contributed by atoms with Crippen molar-refractivity contribution in [2.45, 2.75) is 30.8 Å². The number of carbonyl (C=O) groups is 1. The normalized spacial score (nSPS) is 15.0. The first-order valence-electron chi connectivity index (χ1n) is 10.6. The van der Waals surface area contributed by atoms with Gasteiger partial charge in [-0.15, -0.1) is 5.10 Å². The van der Waals surface area contributed by atoms with Crippen molar-refractivity contribution in [1.82, 2.24) is 14.8 Å². The van der Waals surface area contributed by atoms with Crippen LogP contribution in [0.5, 0.6) is 11.5 Å². The summed E-state index contributed by atoms with van der Waals surface area (Å²) in [6.07, 6.45) is 0. The Balaban J connectivity index is 1.73. The van der Waals surface area contributed by atoms with E-state index in [0.29, 0.717) is 40.5 Å². The summed E-state index contributed by atoms with van der Waals surface area (Å²) < 4.78 is 18.0. The first kappa shape index (κ1) is 22.7. The molecule has 1 unspecified atom stereocenters. The molecule has 3 aromatic rings. The van der Waals surface area contributed by atoms with Crippen molar-refractivity contribution in [1.29, 1.82) is 0 Å². The molecule has 1 aromatic heterocycles. The van der Waals surface area contributed by atoms with E-state index in [1.165, 1.54) is 24.4 Å². The third kappa shape index (κ3) is 4.68. The number of thioether (sulfide) groups is 1. The van der Waals surface area contributed by atoms with Crippen molar-refractivity contribution in [2.24, 2.45) is 0 Å². The molecule has 172 valence electrons. The van der Waals surface area contributed by atoms with Crippen molar-refractivity contribution >= 4 is 23.7 Å². The zero-order valence-electron chi connectivity index (χ0n) is 19.0. The van der Waals surface area contributed by atoms with E-state index in [1.807, 2.05) is 50.2 Å². The van der Waals surface area contributed by atoms with Gasteiger partial charge >= 0.3 is 5.97 Å². The van der Waals surface area contributed by atoms with Crippen LogP contribution in [0.25, 0.3) is 0 Å². The summed E-state index contributed by atoms with van der Waals surface area (Å²) in [5.74, 6) is 2.08. The molecule has 0 radical (unpaired) electrons. The number of nitrogens with one attached hydrogen (secondary N) is 1. The Bertz CT molecular complexity index is 1180. The van der Waals surface area contributed by atoms with Gasteiger partial charge in [-0.1, -0.05) is 48.2 Å². The molecular weight excluding hydrogens is 440 g/mol. The largest absolute Gasteiger partial charge is 0.493 e. The van der Waals surface area contributed by atoms with Gasteiger partial charge in [-0.2, -0.15) is 4.98 Å². The van der Waals surface area contributed by atoms with Crippen LogP contribution in [0.1, 0.15) is 31.0 Å². The predicted octanol–water partition coefficient (Wildman–Crippen LogP) is 4.44. The van der Waals surface area contributed by atoms with Crippen molar-refractivity contribution in [2.75, 3.05) is 26.1 Å². The molecule has 0 amide bonds. The number of nitrogens with zero attached hydrogens (tertiary/aromatic N) is 3. The van der Waals surface area contributed by atoms with Gasteiger partial charge in [0.2, 0.25) is 11.1 Å². The molecule has 0 saturated carbocycles. The highest BCUT2D eigenvalue weighted by Gasteiger charge is 2.35. The van der Waals surface area contributed by atoms with E-state index in [4.69, 9.17) is 19.3 Å². The summed E-state index contributed by atoms with van der Waals surface area (Å²) in [6.45, 7) is 4.27. The van der Waals surface area contributed by atoms with Crippen molar-refractivity contribution in [3.05, 3.63) is 70.9 Å². The standard InChI is InChI=1S/C24H26N4O4S/c1-5-32-18-12-11-17(13-19(18)30-3)21-20(22(29)31-4)15(2)25-23-26-24(27-28(21)23)33-14-16-9-7-6-8-10-16/h6-13,21H,5,14H2,1-4H3,(H,25,26,27). The van der Waals surface area contributed by atoms with Gasteiger partial charge in [-0.25, -0.2) is 9.48 Å². The molecular formula is C24H26N4O4S. The van der Waals surface area contributed by atoms with Gasteiger partial charge in [-0.05, 0) is 37.1 Å². The van der Waals surface area contributed by atoms with E-state index in [9.17, 15) is 4.79 Å². The third-order valence-electron chi connectivity index (χ3n) is 5.25. The van der Waals surface area contributed by atoms with E-state index in [2.05, 4.69) is 22.4 Å². The quantitative estimate of drug-likeness (QED) is 0.385. The molecule has 1 aliphatic heterocycles. The van der Waals surface area contributed by atoms with Crippen molar-refractivity contribution in [3.8, 4) is 11.5 Å². The first-order chi connectivity index (χ1) is 16.0. The SMILES string of the molecule is CCOc1ccc(C2C(C(=O)OC)=C(C)Nc3nc(SCc4ccccc4)nn32)cc1OC. The Labute approximate surface area is 197 Å². The third-order valence-corrected chi connectivity index (χ3v) is 6.16. The number of esters is 1. The summed E-state index contributed by atoms with van der Waals surface area (Å²) in [4.78, 5) is 17.4. The zero-order valence-corrected chi connectivity index (χ0v) is 19.8. The van der Waals surface area contributed by atoms with Crippen molar-refractivity contribution < 1.29 is 19.0 Å². The minimum Gasteiger partial charge on any atom is -0.493 e. The highest BCUT2D eigenvalue weighted by Crippen LogP contribution is 2.40. The fraction of sp³-hybridized carbons (Fsp3) is 0.292. The molecule has 1 N–H and O–H groups in total. The second-order valence-electron chi connectivity index (χ2n) is 7.34. The topological polar surface area (TPSA) is 87.5 Å². The second-order valence-corrected chi connectivity index (χ2v) is 8.28. The molecule has 0 bridgehead atoms. The average molecular weight is 467 g/mol. The number of rotatable bonds is 8. The van der Waals surface area contributed by atoms with Crippen LogP contribution in [0, 0.1) is 0 Å². The van der Waals surface area contributed by atoms with Gasteiger partial charge < -0.3 is 19.5 Å². The maximum atomic E-state index is 12.8. The van der Waals surface area contributed by atoms with E-state index < -0.39 is 12.0 Å². The highest BCUT2D eigenvalue weighted by molar-refractivity contribution is 7.98. The zero-order chi connectivity index (χ0) is 23.4. The average Bonchev–Trinajstić information content (AvgIpc) is 3.25. The number of aromatic nitrogens is 3. The highest BCUT2D eigenvalue weighted by atomic mass is 32.2. The monoisotopic (exact) mass is 466 g/mol. The molecule has 9 heteroatoms. The first-order valence-corrected chi connectivity index (χ1v) is 11.5. The molecule has 4 rings (SSSR count). The van der Waals surface area contributed by atoms with Crippen LogP contribution in [0.4, 0.5) is 5.95 Å². The lowest BCUT2D eigenvalue weighted by Crippen LogP contribution is -2.29. The lowest BCUT2D eigenvalue weighted by atomic mass is 9.95. The number of hydrogen-bond acceptors (Lipinski definition) is 8. The number of fused-ring (bicyclic) bond motifs is 1. The molecule has 33 heavy (non-hydrogen) atoms. The molecule has 0 aliphatic carbocycles. The minimum atomic E-state index is -0.531. The number of ether oxygens (including phenoxy) is 3. The molecule has 0 fully saturated rings. The fourth-order valence-electron chi connectivity index (χ4n) is 3.73. The van der Waals surface area contributed by atoms with E-state index in [-0.39, 0.29) is 0 Å². The van der Waals surface area contributed by atoms with Gasteiger partial charge in [-0.3, -0.25) is 0 Å². The van der Waals surface area contributed by atoms with E-state index in [0.717, 1.165) is 11.3 Å². The molecule has 1 atom stereocenters. The van der Waals surface area contributed by atoms with Gasteiger partial charge in [0.05, 0.1) is 26.4 Å². The maximum Gasteiger partial charge on any atom is 0.338 e. The van der Waals surface area contributed by atoms with Crippen LogP contribution < -0.4 is 14.8 Å². The summed E-state index contributed by atoms with van der Waals surface area (Å²) in [5.41, 5.74) is 3.11. The van der Waals surface area contributed by atoms with Crippen LogP contribution in [0.15, 0.2) is 65.0 Å². The van der Waals surface area contributed by atoms with Crippen LogP contribution in [0.3, 0.4) is 0 Å². The van der Waals surface area contributed by atoms with E-state index in [1.54, 1.807) is 11.8 Å².